The molecule has 0 aliphatic carbocycles. The van der Waals surface area contributed by atoms with E-state index in [1.807, 2.05) is 0 Å². The van der Waals surface area contributed by atoms with Crippen LogP contribution in [0.3, 0.4) is 0 Å². The van der Waals surface area contributed by atoms with Gasteiger partial charge in [-0.15, -0.1) is 12.6 Å². The zero-order valence-corrected chi connectivity index (χ0v) is 13.5. The predicted molar refractivity (Wildman–Crippen MR) is 86.4 cm³/mol. The summed E-state index contributed by atoms with van der Waals surface area (Å²) in [6, 6.07) is 0. The molecular formula is C14H32OS2. The first kappa shape index (κ1) is 20.0. The molecule has 0 aromatic heterocycles. The van der Waals surface area contributed by atoms with E-state index in [1.165, 1.54) is 64.2 Å². The first-order valence-electron chi connectivity index (χ1n) is 7.12. The zero-order valence-electron chi connectivity index (χ0n) is 11.7. The van der Waals surface area contributed by atoms with Crippen molar-refractivity contribution < 1.29 is 5.11 Å². The van der Waals surface area contributed by atoms with Crippen molar-refractivity contribution in [1.82, 2.24) is 0 Å². The summed E-state index contributed by atoms with van der Waals surface area (Å²) in [5, 5.41) is 7.92. The van der Waals surface area contributed by atoms with Crippen LogP contribution in [0.5, 0.6) is 0 Å². The van der Waals surface area contributed by atoms with Crippen molar-refractivity contribution in [3.63, 3.8) is 0 Å². The lowest BCUT2D eigenvalue weighted by molar-refractivity contribution is 0.286. The molecule has 1 unspecified atom stereocenters. The van der Waals surface area contributed by atoms with Gasteiger partial charge in [-0.2, -0.15) is 12.6 Å². The molecule has 17 heavy (non-hydrogen) atoms. The lowest BCUT2D eigenvalue weighted by Gasteiger charge is -2.00. The van der Waals surface area contributed by atoms with Crippen molar-refractivity contribution in [2.75, 3.05) is 5.75 Å². The van der Waals surface area contributed by atoms with Crippen LogP contribution in [-0.4, -0.2) is 16.3 Å². The van der Waals surface area contributed by atoms with Gasteiger partial charge in [0.2, 0.25) is 0 Å². The Hall–Kier alpha value is 0.660. The van der Waals surface area contributed by atoms with E-state index in [4.69, 9.17) is 5.11 Å². The number of thiol groups is 2. The minimum atomic E-state index is -0.472. The second-order valence-corrected chi connectivity index (χ2v) is 5.73. The second-order valence-electron chi connectivity index (χ2n) is 4.54. The molecule has 0 saturated carbocycles. The summed E-state index contributed by atoms with van der Waals surface area (Å²) in [4.78, 5) is 0. The number of rotatable bonds is 10. The van der Waals surface area contributed by atoms with Gasteiger partial charge in [0, 0.05) is 0 Å². The molecule has 0 radical (unpaired) electrons. The van der Waals surface area contributed by atoms with Gasteiger partial charge in [0.1, 0.15) is 0 Å². The smallest absolute Gasteiger partial charge is 0.0936 e. The van der Waals surface area contributed by atoms with Crippen LogP contribution in [-0.2, 0) is 0 Å². The Morgan fingerprint density at radius 1 is 0.824 bits per heavy atom. The Morgan fingerprint density at radius 2 is 1.12 bits per heavy atom. The quantitative estimate of drug-likeness (QED) is 0.289. The molecule has 0 amide bonds. The van der Waals surface area contributed by atoms with E-state index >= 15 is 0 Å². The highest BCUT2D eigenvalue weighted by Crippen LogP contribution is 2.10. The predicted octanol–water partition coefficient (Wildman–Crippen LogP) is 5.09. The van der Waals surface area contributed by atoms with Crippen LogP contribution in [0.2, 0.25) is 0 Å². The van der Waals surface area contributed by atoms with Gasteiger partial charge in [0.15, 0.2) is 0 Å². The van der Waals surface area contributed by atoms with Gasteiger partial charge < -0.3 is 5.11 Å². The summed E-state index contributed by atoms with van der Waals surface area (Å²) in [5.74, 6) is 1.07. The molecule has 1 atom stereocenters. The molecule has 0 aromatic carbocycles. The summed E-state index contributed by atoms with van der Waals surface area (Å²) in [7, 11) is 0. The average Bonchev–Trinajstić information content (AvgIpc) is 2.26. The average molecular weight is 281 g/mol. The van der Waals surface area contributed by atoms with Gasteiger partial charge >= 0.3 is 0 Å². The van der Waals surface area contributed by atoms with Gasteiger partial charge in [-0.1, -0.05) is 64.7 Å². The Balaban J connectivity index is 0. The van der Waals surface area contributed by atoms with Gasteiger partial charge in [0.25, 0.3) is 0 Å². The van der Waals surface area contributed by atoms with E-state index in [2.05, 4.69) is 32.2 Å². The molecule has 0 fully saturated rings. The molecule has 0 saturated heterocycles. The van der Waals surface area contributed by atoms with Crippen molar-refractivity contribution in [1.29, 1.82) is 0 Å². The highest BCUT2D eigenvalue weighted by atomic mass is 32.1. The maximum absolute atomic E-state index is 7.92. The van der Waals surface area contributed by atoms with E-state index in [0.29, 0.717) is 0 Å². The first-order valence-corrected chi connectivity index (χ1v) is 8.27. The third-order valence-corrected chi connectivity index (χ3v) is 2.83. The number of aliphatic hydroxyl groups excluding tert-OH is 1. The van der Waals surface area contributed by atoms with Gasteiger partial charge in [0.05, 0.1) is 5.44 Å². The Kier molecular flexibility index (Phi) is 22.4. The fraction of sp³-hybridized carbons (Fsp3) is 1.00. The number of aliphatic hydroxyl groups is 1. The third-order valence-electron chi connectivity index (χ3n) is 2.51. The minimum Gasteiger partial charge on any atom is -0.383 e. The van der Waals surface area contributed by atoms with Crippen LogP contribution in [0.4, 0.5) is 0 Å². The number of hydrogen-bond donors (Lipinski definition) is 3. The molecule has 106 valence electrons. The van der Waals surface area contributed by atoms with Crippen LogP contribution in [0.1, 0.15) is 78.1 Å². The Bertz CT molecular complexity index is 106. The number of hydrogen-bond acceptors (Lipinski definition) is 3. The van der Waals surface area contributed by atoms with Crippen LogP contribution in [0, 0.1) is 0 Å². The highest BCUT2D eigenvalue weighted by molar-refractivity contribution is 7.80. The molecule has 1 nitrogen and oxygen atoms in total. The summed E-state index contributed by atoms with van der Waals surface area (Å²) >= 11 is 7.72. The maximum atomic E-state index is 7.92. The maximum Gasteiger partial charge on any atom is 0.0936 e. The van der Waals surface area contributed by atoms with E-state index in [1.54, 1.807) is 6.92 Å². The molecule has 0 aliphatic rings. The van der Waals surface area contributed by atoms with Gasteiger partial charge in [-0.05, 0) is 19.1 Å². The van der Waals surface area contributed by atoms with Gasteiger partial charge in [-0.3, -0.25) is 0 Å². The summed E-state index contributed by atoms with van der Waals surface area (Å²) in [6.07, 6.45) is 14.2. The lowest BCUT2D eigenvalue weighted by Crippen LogP contribution is -1.81. The van der Waals surface area contributed by atoms with E-state index in [0.717, 1.165) is 5.75 Å². The molecule has 0 aromatic rings. The van der Waals surface area contributed by atoms with Gasteiger partial charge in [-0.25, -0.2) is 0 Å². The van der Waals surface area contributed by atoms with Crippen LogP contribution in [0.25, 0.3) is 0 Å². The minimum absolute atomic E-state index is 0.472. The summed E-state index contributed by atoms with van der Waals surface area (Å²) in [5.41, 5.74) is -0.472. The van der Waals surface area contributed by atoms with E-state index in [9.17, 15) is 0 Å². The van der Waals surface area contributed by atoms with Crippen LogP contribution >= 0.6 is 25.3 Å². The Morgan fingerprint density at radius 3 is 1.41 bits per heavy atom. The third kappa shape index (κ3) is 31.5. The number of unbranched alkanes of at least 4 members (excludes halogenated alkanes) is 9. The largest absolute Gasteiger partial charge is 0.383 e. The molecule has 0 rings (SSSR count). The molecule has 3 heteroatoms. The second kappa shape index (κ2) is 19.0. The van der Waals surface area contributed by atoms with Crippen LogP contribution < -0.4 is 0 Å². The molecule has 0 heterocycles. The van der Waals surface area contributed by atoms with E-state index < -0.39 is 5.44 Å². The van der Waals surface area contributed by atoms with Crippen molar-refractivity contribution >= 4 is 25.3 Å². The Labute approximate surface area is 120 Å². The highest BCUT2D eigenvalue weighted by Gasteiger charge is 1.91. The lowest BCUT2D eigenvalue weighted by atomic mass is 10.1. The van der Waals surface area contributed by atoms with Crippen LogP contribution in [0.15, 0.2) is 0 Å². The molecule has 0 aliphatic heterocycles. The van der Waals surface area contributed by atoms with Crippen molar-refractivity contribution in [2.24, 2.45) is 0 Å². The molecule has 0 spiro atoms. The summed E-state index contributed by atoms with van der Waals surface area (Å²) < 4.78 is 0. The monoisotopic (exact) mass is 280 g/mol. The fourth-order valence-corrected chi connectivity index (χ4v) is 1.82. The molecule has 0 bridgehead atoms. The normalized spacial score (nSPS) is 11.8. The SMILES string of the molecule is CC(O)S.CCCCCCCCCCCCS. The summed E-state index contributed by atoms with van der Waals surface area (Å²) in [6.45, 7) is 3.86. The van der Waals surface area contributed by atoms with E-state index in [-0.39, 0.29) is 0 Å². The first-order chi connectivity index (χ1) is 8.15. The standard InChI is InChI=1S/C12H26S.C2H6OS/c1-2-3-4-5-6-7-8-9-10-11-12-13;1-2(3)4/h13H,2-12H2,1H3;2-4H,1H3. The van der Waals surface area contributed by atoms with Crippen molar-refractivity contribution in [3.8, 4) is 0 Å². The van der Waals surface area contributed by atoms with Crippen molar-refractivity contribution in [2.45, 2.75) is 83.5 Å². The molecular weight excluding hydrogens is 248 g/mol. The zero-order chi connectivity index (χ0) is 13.4. The fourth-order valence-electron chi connectivity index (χ4n) is 1.60. The van der Waals surface area contributed by atoms with Crippen molar-refractivity contribution in [3.05, 3.63) is 0 Å². The topological polar surface area (TPSA) is 20.2 Å². The molecule has 1 N–H and O–H groups in total.